The molecule has 0 bridgehead atoms. The van der Waals surface area contributed by atoms with Crippen molar-refractivity contribution < 1.29 is 66.7 Å². The molecular formula is C28H31NO14. The zero-order valence-corrected chi connectivity index (χ0v) is 24.7. The van der Waals surface area contributed by atoms with Crippen LogP contribution in [0.1, 0.15) is 65.2 Å². The van der Waals surface area contributed by atoms with E-state index in [1.54, 1.807) is 0 Å². The quantitative estimate of drug-likeness (QED) is 0.210. The maximum Gasteiger partial charge on any atom is 0.308 e. The second-order valence-electron chi connectivity index (χ2n) is 8.63. The monoisotopic (exact) mass is 605 g/mol. The Morgan fingerprint density at radius 2 is 0.953 bits per heavy atom. The van der Waals surface area contributed by atoms with Crippen LogP contribution < -0.4 is 24.3 Å². The van der Waals surface area contributed by atoms with Crippen LogP contribution in [0.4, 0.5) is 5.69 Å². The molecule has 2 aromatic carbocycles. The van der Waals surface area contributed by atoms with E-state index in [1.165, 1.54) is 45.4 Å². The van der Waals surface area contributed by atoms with Gasteiger partial charge in [-0.2, -0.15) is 0 Å². The van der Waals surface area contributed by atoms with Gasteiger partial charge in [0.2, 0.25) is 11.7 Å². The van der Waals surface area contributed by atoms with Crippen molar-refractivity contribution in [2.24, 2.45) is 0 Å². The van der Waals surface area contributed by atoms with Gasteiger partial charge in [0.05, 0.1) is 19.9 Å². The summed E-state index contributed by atoms with van der Waals surface area (Å²) in [4.78, 5) is 71.0. The molecule has 0 radical (unpaired) electrons. The van der Waals surface area contributed by atoms with Crippen LogP contribution in [0.2, 0.25) is 0 Å². The third-order valence-corrected chi connectivity index (χ3v) is 4.96. The summed E-state index contributed by atoms with van der Waals surface area (Å²) in [6.45, 7) is 6.74. The van der Waals surface area contributed by atoms with Gasteiger partial charge in [-0.25, -0.2) is 0 Å². The molecule has 0 aromatic heterocycles. The van der Waals surface area contributed by atoms with Gasteiger partial charge in [-0.1, -0.05) is 0 Å². The van der Waals surface area contributed by atoms with Crippen molar-refractivity contribution in [2.45, 2.75) is 54.1 Å². The van der Waals surface area contributed by atoms with Gasteiger partial charge in [0, 0.05) is 52.7 Å². The Hall–Kier alpha value is -5.34. The van der Waals surface area contributed by atoms with Crippen molar-refractivity contribution in [1.29, 1.82) is 0 Å². The SMILES string of the molecule is COc1cc(C(OC(C)=O)OC(C)=O)cc(NC(C)=O)c1Oc1cc(C(OC(C)=O)OC(C)=O)cc(OC)c1OC(C)=O. The number of carbonyl (C=O) groups excluding carboxylic acids is 6. The first-order valence-corrected chi connectivity index (χ1v) is 12.4. The van der Waals surface area contributed by atoms with E-state index in [4.69, 9.17) is 37.9 Å². The third kappa shape index (κ3) is 9.91. The molecule has 0 saturated heterocycles. The van der Waals surface area contributed by atoms with Crippen LogP contribution in [0.15, 0.2) is 24.3 Å². The summed E-state index contributed by atoms with van der Waals surface area (Å²) in [7, 11) is 2.52. The van der Waals surface area contributed by atoms with E-state index in [1.807, 2.05) is 0 Å². The van der Waals surface area contributed by atoms with E-state index >= 15 is 0 Å². The van der Waals surface area contributed by atoms with E-state index in [-0.39, 0.29) is 45.6 Å². The molecule has 0 saturated carbocycles. The van der Waals surface area contributed by atoms with E-state index in [9.17, 15) is 28.8 Å². The third-order valence-electron chi connectivity index (χ3n) is 4.96. The molecule has 2 aromatic rings. The van der Waals surface area contributed by atoms with Crippen molar-refractivity contribution in [2.75, 3.05) is 19.5 Å². The standard InChI is InChI=1S/C28H31NO14/c1-13(30)29-21-9-19(27(39-15(3)32)40-16(4)33)10-22(36-7)25(21)43-24-12-20(28(41-17(5)34)42-18(6)35)11-23(37-8)26(24)38-14(2)31/h9-12,27-28H,1-8H3,(H,29,30). The molecule has 0 spiro atoms. The molecular weight excluding hydrogens is 574 g/mol. The summed E-state index contributed by atoms with van der Waals surface area (Å²) in [5.74, 6) is -5.20. The van der Waals surface area contributed by atoms with Crippen LogP contribution in [0.25, 0.3) is 0 Å². The fourth-order valence-electron chi connectivity index (χ4n) is 3.54. The molecule has 43 heavy (non-hydrogen) atoms. The van der Waals surface area contributed by atoms with Crippen LogP contribution in [0.5, 0.6) is 28.7 Å². The van der Waals surface area contributed by atoms with Crippen LogP contribution in [0, 0.1) is 0 Å². The average Bonchev–Trinajstić information content (AvgIpc) is 2.87. The van der Waals surface area contributed by atoms with Gasteiger partial charge in [-0.3, -0.25) is 28.8 Å². The van der Waals surface area contributed by atoms with E-state index in [0.717, 1.165) is 34.6 Å². The van der Waals surface area contributed by atoms with E-state index < -0.39 is 48.3 Å². The van der Waals surface area contributed by atoms with Crippen molar-refractivity contribution in [1.82, 2.24) is 0 Å². The number of benzene rings is 2. The summed E-state index contributed by atoms with van der Waals surface area (Å²) >= 11 is 0. The van der Waals surface area contributed by atoms with Crippen molar-refractivity contribution in [3.63, 3.8) is 0 Å². The van der Waals surface area contributed by atoms with Crippen molar-refractivity contribution in [3.8, 4) is 28.7 Å². The van der Waals surface area contributed by atoms with Gasteiger partial charge < -0.3 is 43.2 Å². The predicted octanol–water partition coefficient (Wildman–Crippen LogP) is 3.63. The fourth-order valence-corrected chi connectivity index (χ4v) is 3.54. The van der Waals surface area contributed by atoms with Crippen LogP contribution >= 0.6 is 0 Å². The molecule has 0 fully saturated rings. The molecule has 232 valence electrons. The lowest BCUT2D eigenvalue weighted by Crippen LogP contribution is -2.16. The van der Waals surface area contributed by atoms with Gasteiger partial charge in [-0.15, -0.1) is 0 Å². The Morgan fingerprint density at radius 1 is 0.558 bits per heavy atom. The van der Waals surface area contributed by atoms with Crippen LogP contribution in [-0.4, -0.2) is 50.0 Å². The molecule has 0 atom stereocenters. The topological polar surface area (TPSA) is 188 Å². The lowest BCUT2D eigenvalue weighted by molar-refractivity contribution is -0.188. The highest BCUT2D eigenvalue weighted by Gasteiger charge is 2.28. The number of methoxy groups -OCH3 is 2. The lowest BCUT2D eigenvalue weighted by Gasteiger charge is -2.23. The van der Waals surface area contributed by atoms with E-state index in [0.29, 0.717) is 0 Å². The molecule has 1 amide bonds. The molecule has 0 aliphatic carbocycles. The second-order valence-corrected chi connectivity index (χ2v) is 8.63. The van der Waals surface area contributed by atoms with Gasteiger partial charge >= 0.3 is 29.8 Å². The maximum atomic E-state index is 12.2. The molecule has 0 unspecified atom stereocenters. The summed E-state index contributed by atoms with van der Waals surface area (Å²) in [5, 5.41) is 2.55. The molecule has 0 aliphatic heterocycles. The molecule has 15 heteroatoms. The minimum atomic E-state index is -1.55. The number of nitrogens with one attached hydrogen (secondary N) is 1. The second kappa shape index (κ2) is 15.0. The smallest absolute Gasteiger partial charge is 0.308 e. The average molecular weight is 606 g/mol. The van der Waals surface area contributed by atoms with Crippen LogP contribution in [0.3, 0.4) is 0 Å². The Kier molecular flexibility index (Phi) is 11.9. The largest absolute Gasteiger partial charge is 0.493 e. The molecule has 0 aliphatic rings. The number of hydrogen-bond donors (Lipinski definition) is 1. The predicted molar refractivity (Wildman–Crippen MR) is 144 cm³/mol. The fraction of sp³-hybridized carbons (Fsp3) is 0.357. The summed E-state index contributed by atoms with van der Waals surface area (Å²) in [5.41, 5.74) is 0.0603. The van der Waals surface area contributed by atoms with E-state index in [2.05, 4.69) is 5.32 Å². The minimum absolute atomic E-state index is 0.0367. The Balaban J connectivity index is 2.86. The Bertz CT molecular complexity index is 1380. The minimum Gasteiger partial charge on any atom is -0.493 e. The Morgan fingerprint density at radius 3 is 1.33 bits per heavy atom. The first-order chi connectivity index (χ1) is 20.1. The molecule has 2 rings (SSSR count). The number of hydrogen-bond acceptors (Lipinski definition) is 14. The highest BCUT2D eigenvalue weighted by Crippen LogP contribution is 2.48. The zero-order chi connectivity index (χ0) is 32.4. The number of rotatable bonds is 12. The summed E-state index contributed by atoms with van der Waals surface area (Å²) in [6, 6.07) is 5.13. The molecule has 0 heterocycles. The first kappa shape index (κ1) is 33.9. The van der Waals surface area contributed by atoms with Crippen molar-refractivity contribution in [3.05, 3.63) is 35.4 Å². The number of esters is 5. The Labute approximate surface area is 246 Å². The lowest BCUT2D eigenvalue weighted by atomic mass is 10.1. The van der Waals surface area contributed by atoms with Gasteiger partial charge in [-0.05, 0) is 24.3 Å². The zero-order valence-electron chi connectivity index (χ0n) is 24.7. The van der Waals surface area contributed by atoms with Gasteiger partial charge in [0.15, 0.2) is 23.0 Å². The highest BCUT2D eigenvalue weighted by atomic mass is 16.7. The van der Waals surface area contributed by atoms with Gasteiger partial charge in [0.1, 0.15) is 0 Å². The maximum absolute atomic E-state index is 12.2. The van der Waals surface area contributed by atoms with Gasteiger partial charge in [0.25, 0.3) is 12.6 Å². The highest BCUT2D eigenvalue weighted by molar-refractivity contribution is 5.91. The summed E-state index contributed by atoms with van der Waals surface area (Å²) in [6.07, 6.45) is -3.07. The van der Waals surface area contributed by atoms with Crippen LogP contribution in [-0.2, 0) is 47.7 Å². The number of anilines is 1. The number of amides is 1. The molecule has 1 N–H and O–H groups in total. The normalized spacial score (nSPS) is 10.4. The number of ether oxygens (including phenoxy) is 8. The number of carbonyl (C=O) groups is 6. The molecule has 15 nitrogen and oxygen atoms in total. The first-order valence-electron chi connectivity index (χ1n) is 12.4. The van der Waals surface area contributed by atoms with Crippen molar-refractivity contribution >= 4 is 41.4 Å². The summed E-state index contributed by atoms with van der Waals surface area (Å²) < 4.78 is 42.8.